The molecule has 8 heteroatoms. The Morgan fingerprint density at radius 1 is 1.18 bits per heavy atom. The summed E-state index contributed by atoms with van der Waals surface area (Å²) in [6.07, 6.45) is -0.354. The van der Waals surface area contributed by atoms with Crippen molar-refractivity contribution >= 4 is 28.2 Å². The average molecular weight is 383 g/mol. The summed E-state index contributed by atoms with van der Waals surface area (Å²) in [5.41, 5.74) is 2.53. The molecular formula is C20H17NO7. The normalized spacial score (nSPS) is 24.3. The summed E-state index contributed by atoms with van der Waals surface area (Å²) in [5, 5.41) is 43.0. The minimum absolute atomic E-state index is 0.00437. The van der Waals surface area contributed by atoms with Gasteiger partial charge in [-0.25, -0.2) is 0 Å². The van der Waals surface area contributed by atoms with Crippen molar-refractivity contribution in [3.8, 4) is 11.5 Å². The lowest BCUT2D eigenvalue weighted by Gasteiger charge is -2.42. The lowest BCUT2D eigenvalue weighted by Crippen LogP contribution is -2.56. The number of aryl methyl sites for hydroxylation is 1. The lowest BCUT2D eigenvalue weighted by molar-refractivity contribution is -0.125. The van der Waals surface area contributed by atoms with Gasteiger partial charge in [0.05, 0.1) is 10.9 Å². The molecule has 2 atom stereocenters. The fraction of sp³-hybridized carbons (Fsp3) is 0.250. The number of aliphatic hydroxyl groups excluding tert-OH is 1. The third-order valence-corrected chi connectivity index (χ3v) is 5.84. The molecule has 6 N–H and O–H groups in total. The Morgan fingerprint density at radius 3 is 2.50 bits per heavy atom. The van der Waals surface area contributed by atoms with Crippen LogP contribution in [-0.4, -0.2) is 43.5 Å². The van der Waals surface area contributed by atoms with E-state index in [1.165, 1.54) is 6.07 Å². The van der Waals surface area contributed by atoms with Crippen LogP contribution in [0.1, 0.15) is 27.9 Å². The standard InChI is InChI=1S/C20H17NO7/c1-7-9-3-2-4-11(22)13(9)16(24)14-10(7)5-8-6-12(23)15(19(21)27)18(26)20(8,28)17(14)25/h2-4,8,22,24,26,28H,5-6H2,1H3,(H2,21,27)/t8-,20-/m1/s1. The second-order valence-corrected chi connectivity index (χ2v) is 7.24. The number of ketones is 2. The van der Waals surface area contributed by atoms with Crippen LogP contribution in [0, 0.1) is 12.8 Å². The highest BCUT2D eigenvalue weighted by Crippen LogP contribution is 2.49. The number of amides is 1. The number of rotatable bonds is 1. The van der Waals surface area contributed by atoms with Gasteiger partial charge in [0.25, 0.3) is 5.91 Å². The predicted octanol–water partition coefficient (Wildman–Crippen LogP) is 0.916. The van der Waals surface area contributed by atoms with Gasteiger partial charge < -0.3 is 26.2 Å². The number of primary amides is 1. The number of phenols is 2. The number of benzene rings is 2. The van der Waals surface area contributed by atoms with E-state index in [4.69, 9.17) is 5.73 Å². The fourth-order valence-corrected chi connectivity index (χ4v) is 4.41. The molecule has 0 spiro atoms. The highest BCUT2D eigenvalue weighted by Gasteiger charge is 2.58. The zero-order valence-electron chi connectivity index (χ0n) is 14.8. The first kappa shape index (κ1) is 18.0. The Morgan fingerprint density at radius 2 is 1.86 bits per heavy atom. The van der Waals surface area contributed by atoms with Crippen molar-refractivity contribution in [2.75, 3.05) is 0 Å². The Hall–Kier alpha value is -3.39. The van der Waals surface area contributed by atoms with Crippen LogP contribution < -0.4 is 5.73 Å². The quantitative estimate of drug-likeness (QED) is 0.458. The number of carbonyl (C=O) groups excluding carboxylic acids is 3. The number of fused-ring (bicyclic) bond motifs is 3. The number of aliphatic hydroxyl groups is 2. The molecule has 0 aromatic heterocycles. The minimum Gasteiger partial charge on any atom is -0.508 e. The monoisotopic (exact) mass is 383 g/mol. The zero-order chi connectivity index (χ0) is 20.5. The molecule has 144 valence electrons. The van der Waals surface area contributed by atoms with Gasteiger partial charge in [-0.15, -0.1) is 0 Å². The van der Waals surface area contributed by atoms with Gasteiger partial charge in [0.1, 0.15) is 22.8 Å². The maximum absolute atomic E-state index is 13.2. The summed E-state index contributed by atoms with van der Waals surface area (Å²) in [4.78, 5) is 37.0. The van der Waals surface area contributed by atoms with Crippen molar-refractivity contribution in [1.29, 1.82) is 0 Å². The maximum atomic E-state index is 13.2. The Labute approximate surface area is 158 Å². The van der Waals surface area contributed by atoms with Gasteiger partial charge in [-0.1, -0.05) is 12.1 Å². The molecule has 0 saturated carbocycles. The molecule has 1 amide bonds. The van der Waals surface area contributed by atoms with E-state index >= 15 is 0 Å². The van der Waals surface area contributed by atoms with Gasteiger partial charge in [0, 0.05) is 12.3 Å². The van der Waals surface area contributed by atoms with Crippen molar-refractivity contribution in [2.24, 2.45) is 11.7 Å². The van der Waals surface area contributed by atoms with Crippen LogP contribution in [0.25, 0.3) is 10.8 Å². The molecule has 2 aliphatic carbocycles. The number of nitrogens with two attached hydrogens (primary N) is 1. The maximum Gasteiger partial charge on any atom is 0.255 e. The highest BCUT2D eigenvalue weighted by atomic mass is 16.3. The summed E-state index contributed by atoms with van der Waals surface area (Å²) in [6.45, 7) is 1.70. The number of hydrogen-bond donors (Lipinski definition) is 5. The van der Waals surface area contributed by atoms with Gasteiger partial charge in [-0.3, -0.25) is 14.4 Å². The smallest absolute Gasteiger partial charge is 0.255 e. The second kappa shape index (κ2) is 5.56. The fourth-order valence-electron chi connectivity index (χ4n) is 4.41. The first-order valence-corrected chi connectivity index (χ1v) is 8.60. The Kier molecular flexibility index (Phi) is 3.57. The number of Topliss-reactive ketones (excluding diaryl/α,β-unsaturated/α-hetero) is 2. The molecule has 2 aliphatic rings. The SMILES string of the molecule is Cc1c2c(c(O)c3c(O)cccc13)C(=O)[C@@]1(O)C(O)=C(C(N)=O)C(=O)C[C@H]1C2. The second-order valence-electron chi connectivity index (χ2n) is 7.24. The molecule has 2 aromatic rings. The van der Waals surface area contributed by atoms with Crippen LogP contribution in [0.15, 0.2) is 29.5 Å². The number of phenolic OH excluding ortho intramolecular Hbond substituents is 2. The number of aromatic hydroxyl groups is 2. The van der Waals surface area contributed by atoms with Gasteiger partial charge in [0.2, 0.25) is 5.78 Å². The summed E-state index contributed by atoms with van der Waals surface area (Å²) >= 11 is 0. The van der Waals surface area contributed by atoms with Crippen LogP contribution in [0.4, 0.5) is 0 Å². The van der Waals surface area contributed by atoms with Crippen LogP contribution in [-0.2, 0) is 16.0 Å². The van der Waals surface area contributed by atoms with Crippen molar-refractivity contribution < 1.29 is 34.8 Å². The van der Waals surface area contributed by atoms with Crippen LogP contribution in [0.5, 0.6) is 11.5 Å². The zero-order valence-corrected chi connectivity index (χ0v) is 14.8. The first-order chi connectivity index (χ1) is 13.1. The first-order valence-electron chi connectivity index (χ1n) is 8.60. The van der Waals surface area contributed by atoms with E-state index in [1.807, 2.05) is 0 Å². The van der Waals surface area contributed by atoms with E-state index in [0.717, 1.165) is 0 Å². The molecule has 2 aromatic carbocycles. The molecule has 4 rings (SSSR count). The summed E-state index contributed by atoms with van der Waals surface area (Å²) in [5.74, 6) is -5.94. The van der Waals surface area contributed by atoms with Crippen molar-refractivity contribution in [1.82, 2.24) is 0 Å². The van der Waals surface area contributed by atoms with E-state index in [-0.39, 0.29) is 29.5 Å². The third kappa shape index (κ3) is 2.00. The van der Waals surface area contributed by atoms with E-state index in [9.17, 15) is 34.8 Å². The summed E-state index contributed by atoms with van der Waals surface area (Å²) in [7, 11) is 0. The molecule has 0 fully saturated rings. The van der Waals surface area contributed by atoms with E-state index in [0.29, 0.717) is 16.5 Å². The molecular weight excluding hydrogens is 366 g/mol. The molecule has 0 radical (unpaired) electrons. The molecule has 0 bridgehead atoms. The molecule has 28 heavy (non-hydrogen) atoms. The van der Waals surface area contributed by atoms with Crippen LogP contribution in [0.3, 0.4) is 0 Å². The summed E-state index contributed by atoms with van der Waals surface area (Å²) in [6, 6.07) is 4.61. The van der Waals surface area contributed by atoms with Gasteiger partial charge in [-0.05, 0) is 35.9 Å². The van der Waals surface area contributed by atoms with Crippen LogP contribution >= 0.6 is 0 Å². The Bertz CT molecular complexity index is 1150. The van der Waals surface area contributed by atoms with Crippen LogP contribution in [0.2, 0.25) is 0 Å². The molecule has 0 aliphatic heterocycles. The summed E-state index contributed by atoms with van der Waals surface area (Å²) < 4.78 is 0. The molecule has 0 saturated heterocycles. The van der Waals surface area contributed by atoms with Crippen molar-refractivity contribution in [3.63, 3.8) is 0 Å². The number of carbonyl (C=O) groups is 3. The topological polar surface area (TPSA) is 158 Å². The average Bonchev–Trinajstić information content (AvgIpc) is 2.62. The van der Waals surface area contributed by atoms with E-state index in [2.05, 4.69) is 0 Å². The molecule has 8 nitrogen and oxygen atoms in total. The molecule has 0 heterocycles. The van der Waals surface area contributed by atoms with Crippen molar-refractivity contribution in [3.05, 3.63) is 46.2 Å². The molecule has 0 unspecified atom stereocenters. The van der Waals surface area contributed by atoms with Gasteiger partial charge in [-0.2, -0.15) is 0 Å². The van der Waals surface area contributed by atoms with Gasteiger partial charge >= 0.3 is 0 Å². The predicted molar refractivity (Wildman–Crippen MR) is 97.0 cm³/mol. The van der Waals surface area contributed by atoms with Crippen molar-refractivity contribution in [2.45, 2.75) is 25.4 Å². The van der Waals surface area contributed by atoms with Gasteiger partial charge in [0.15, 0.2) is 11.4 Å². The highest BCUT2D eigenvalue weighted by molar-refractivity contribution is 6.23. The Balaban J connectivity index is 2.07. The van der Waals surface area contributed by atoms with E-state index < -0.39 is 46.1 Å². The third-order valence-electron chi connectivity index (χ3n) is 5.84. The minimum atomic E-state index is -2.56. The number of hydrogen-bond acceptors (Lipinski definition) is 7. The van der Waals surface area contributed by atoms with E-state index in [1.54, 1.807) is 19.1 Å². The lowest BCUT2D eigenvalue weighted by atomic mass is 9.63. The largest absolute Gasteiger partial charge is 0.508 e.